The third kappa shape index (κ3) is 4.86. The molecule has 0 bridgehead atoms. The van der Waals surface area contributed by atoms with Gasteiger partial charge in [-0.2, -0.15) is 0 Å². The van der Waals surface area contributed by atoms with E-state index in [0.717, 1.165) is 0 Å². The summed E-state index contributed by atoms with van der Waals surface area (Å²) in [5, 5.41) is 23.6. The van der Waals surface area contributed by atoms with Gasteiger partial charge in [-0.05, 0) is 12.5 Å². The van der Waals surface area contributed by atoms with Crippen LogP contribution in [-0.4, -0.2) is 34.5 Å². The fourth-order valence-electron chi connectivity index (χ4n) is 1.00. The van der Waals surface area contributed by atoms with Crippen LogP contribution >= 0.6 is 0 Å². The average Bonchev–Trinajstić information content (AvgIpc) is 2.29. The number of aryl methyl sites for hydroxylation is 1. The molecule has 3 N–H and O–H groups in total. The fraction of sp³-hybridized carbons (Fsp3) is 0.364. The predicted octanol–water partition coefficient (Wildman–Crippen LogP) is 1.06. The summed E-state index contributed by atoms with van der Waals surface area (Å²) in [5.74, 6) is -1.44. The molecule has 16 heavy (non-hydrogen) atoms. The lowest BCUT2D eigenvalue weighted by molar-refractivity contribution is -0.143. The molecule has 90 valence electrons. The quantitative estimate of drug-likeness (QED) is 0.725. The van der Waals surface area contributed by atoms with Crippen LogP contribution in [0.2, 0.25) is 0 Å². The largest absolute Gasteiger partial charge is 0.479 e. The normalized spacial score (nSPS) is 11.2. The summed E-state index contributed by atoms with van der Waals surface area (Å²) in [6.45, 7) is 1.44. The Morgan fingerprint density at radius 2 is 1.81 bits per heavy atom. The van der Waals surface area contributed by atoms with E-state index in [1.165, 1.54) is 6.07 Å². The van der Waals surface area contributed by atoms with Gasteiger partial charge in [0.2, 0.25) is 6.17 Å². The van der Waals surface area contributed by atoms with Crippen molar-refractivity contribution >= 4 is 5.97 Å². The Bertz CT molecular complexity index is 326. The van der Waals surface area contributed by atoms with Crippen LogP contribution in [0.15, 0.2) is 24.3 Å². The van der Waals surface area contributed by atoms with Crippen LogP contribution in [0, 0.1) is 6.92 Å². The number of hydrogen-bond donors (Lipinski definition) is 3. The molecule has 0 saturated heterocycles. The smallest absolute Gasteiger partial charge is 0.343 e. The van der Waals surface area contributed by atoms with E-state index in [0.29, 0.717) is 5.56 Å². The van der Waals surface area contributed by atoms with Gasteiger partial charge in [-0.3, -0.25) is 0 Å². The maximum Gasteiger partial charge on any atom is 0.343 e. The lowest BCUT2D eigenvalue weighted by atomic mass is 10.1. The highest BCUT2D eigenvalue weighted by Gasteiger charge is 2.19. The van der Waals surface area contributed by atoms with Gasteiger partial charge >= 0.3 is 5.97 Å². The molecule has 0 heterocycles. The molecule has 4 nitrogen and oxygen atoms in total. The Morgan fingerprint density at radius 1 is 1.31 bits per heavy atom. The van der Waals surface area contributed by atoms with E-state index in [-0.39, 0.29) is 18.8 Å². The number of aliphatic carboxylic acids is 1. The van der Waals surface area contributed by atoms with E-state index >= 15 is 0 Å². The number of carboxylic acid groups (broad SMARTS) is 1. The first kappa shape index (κ1) is 14.5. The van der Waals surface area contributed by atoms with Gasteiger partial charge in [-0.1, -0.05) is 24.3 Å². The zero-order valence-electron chi connectivity index (χ0n) is 8.93. The van der Waals surface area contributed by atoms with Crippen molar-refractivity contribution in [2.45, 2.75) is 13.1 Å². The highest BCUT2D eigenvalue weighted by atomic mass is 19.1. The lowest BCUT2D eigenvalue weighted by Gasteiger charge is -2.05. The highest BCUT2D eigenvalue weighted by molar-refractivity contribution is 5.74. The number of aliphatic hydroxyl groups is 2. The molecule has 0 aromatic heterocycles. The monoisotopic (exact) mass is 230 g/mol. The van der Waals surface area contributed by atoms with Gasteiger partial charge in [0.25, 0.3) is 0 Å². The molecular formula is C11H15FO4. The molecule has 1 atom stereocenters. The number of benzene rings is 1. The van der Waals surface area contributed by atoms with Crippen molar-refractivity contribution in [3.05, 3.63) is 35.4 Å². The first-order chi connectivity index (χ1) is 7.54. The Labute approximate surface area is 93.0 Å². The van der Waals surface area contributed by atoms with Crippen molar-refractivity contribution in [2.75, 3.05) is 13.2 Å². The molecule has 1 aromatic rings. The van der Waals surface area contributed by atoms with Crippen molar-refractivity contribution in [3.63, 3.8) is 0 Å². The zero-order chi connectivity index (χ0) is 12.6. The Balaban J connectivity index is 0.000000487. The van der Waals surface area contributed by atoms with Crippen LogP contribution in [0.25, 0.3) is 0 Å². The van der Waals surface area contributed by atoms with Crippen molar-refractivity contribution < 1.29 is 24.5 Å². The third-order valence-corrected chi connectivity index (χ3v) is 1.78. The molecule has 0 fully saturated rings. The average molecular weight is 230 g/mol. The minimum atomic E-state index is -1.91. The summed E-state index contributed by atoms with van der Waals surface area (Å²) in [6, 6.07) is 6.53. The topological polar surface area (TPSA) is 77.8 Å². The number of hydrogen-bond acceptors (Lipinski definition) is 3. The van der Waals surface area contributed by atoms with Gasteiger partial charge in [-0.15, -0.1) is 0 Å². The number of rotatable bonds is 3. The number of carbonyl (C=O) groups is 1. The second-order valence-electron chi connectivity index (χ2n) is 3.00. The van der Waals surface area contributed by atoms with Crippen molar-refractivity contribution in [2.24, 2.45) is 0 Å². The number of carboxylic acids is 1. The van der Waals surface area contributed by atoms with Crippen molar-refractivity contribution in [1.29, 1.82) is 0 Å². The van der Waals surface area contributed by atoms with E-state index in [4.69, 9.17) is 15.3 Å². The maximum atomic E-state index is 12.9. The van der Waals surface area contributed by atoms with Crippen LogP contribution in [0.3, 0.4) is 0 Å². The van der Waals surface area contributed by atoms with Gasteiger partial charge in [-0.25, -0.2) is 9.18 Å². The van der Waals surface area contributed by atoms with Gasteiger partial charge in [0.1, 0.15) is 0 Å². The molecule has 0 radical (unpaired) electrons. The number of halogens is 1. The lowest BCUT2D eigenvalue weighted by Crippen LogP contribution is -2.07. The van der Waals surface area contributed by atoms with Crippen LogP contribution in [0.1, 0.15) is 17.3 Å². The molecule has 0 aliphatic heterocycles. The van der Waals surface area contributed by atoms with Crippen LogP contribution in [0.4, 0.5) is 4.39 Å². The molecule has 0 spiro atoms. The van der Waals surface area contributed by atoms with Gasteiger partial charge in [0, 0.05) is 5.56 Å². The highest BCUT2D eigenvalue weighted by Crippen LogP contribution is 2.20. The first-order valence-electron chi connectivity index (χ1n) is 4.68. The maximum absolute atomic E-state index is 12.9. The van der Waals surface area contributed by atoms with Gasteiger partial charge in [0.05, 0.1) is 13.2 Å². The Kier molecular flexibility index (Phi) is 7.07. The zero-order valence-corrected chi connectivity index (χ0v) is 8.93. The minimum Gasteiger partial charge on any atom is -0.479 e. The number of alkyl halides is 1. The molecule has 0 aliphatic carbocycles. The van der Waals surface area contributed by atoms with Crippen molar-refractivity contribution in [3.8, 4) is 0 Å². The van der Waals surface area contributed by atoms with Crippen LogP contribution in [0.5, 0.6) is 0 Å². The molecule has 1 aromatic carbocycles. The molecule has 0 aliphatic rings. The fourth-order valence-corrected chi connectivity index (χ4v) is 1.00. The van der Waals surface area contributed by atoms with E-state index in [9.17, 15) is 9.18 Å². The van der Waals surface area contributed by atoms with E-state index < -0.39 is 12.1 Å². The second-order valence-corrected chi connectivity index (χ2v) is 3.00. The summed E-state index contributed by atoms with van der Waals surface area (Å²) in [6.07, 6.45) is -1.91. The molecule has 1 rings (SSSR count). The number of aliphatic hydroxyl groups excluding tert-OH is 2. The van der Waals surface area contributed by atoms with Crippen LogP contribution in [-0.2, 0) is 4.79 Å². The Hall–Kier alpha value is -1.46. The van der Waals surface area contributed by atoms with E-state index in [1.807, 2.05) is 0 Å². The first-order valence-corrected chi connectivity index (χ1v) is 4.68. The summed E-state index contributed by atoms with van der Waals surface area (Å²) in [5.41, 5.74) is 0.886. The van der Waals surface area contributed by atoms with Crippen LogP contribution < -0.4 is 0 Å². The predicted molar refractivity (Wildman–Crippen MR) is 56.8 cm³/mol. The molecule has 5 heteroatoms. The molecule has 0 saturated carbocycles. The van der Waals surface area contributed by atoms with Gasteiger partial charge < -0.3 is 15.3 Å². The summed E-state index contributed by atoms with van der Waals surface area (Å²) in [4.78, 5) is 10.3. The third-order valence-electron chi connectivity index (χ3n) is 1.78. The summed E-state index contributed by atoms with van der Waals surface area (Å²) >= 11 is 0. The molecule has 0 amide bonds. The van der Waals surface area contributed by atoms with E-state index in [2.05, 4.69) is 0 Å². The minimum absolute atomic E-state index is 0.125. The Morgan fingerprint density at radius 3 is 2.19 bits per heavy atom. The summed E-state index contributed by atoms with van der Waals surface area (Å²) < 4.78 is 12.9. The van der Waals surface area contributed by atoms with Crippen molar-refractivity contribution in [1.82, 2.24) is 0 Å². The molecular weight excluding hydrogens is 215 g/mol. The van der Waals surface area contributed by atoms with Gasteiger partial charge in [0.15, 0.2) is 0 Å². The molecule has 1 unspecified atom stereocenters. The SMILES string of the molecule is Cc1ccccc1C(F)C(=O)O.OCCO. The summed E-state index contributed by atoms with van der Waals surface area (Å²) in [7, 11) is 0. The standard InChI is InChI=1S/C9H9FO2.C2H6O2/c1-6-4-2-3-5-7(6)8(10)9(11)12;3-1-2-4/h2-5,8H,1H3,(H,11,12);3-4H,1-2H2. The van der Waals surface area contributed by atoms with E-state index in [1.54, 1.807) is 25.1 Å². The second kappa shape index (κ2) is 7.78.